The lowest BCUT2D eigenvalue weighted by molar-refractivity contribution is 0.511. The largest absolute Gasteiger partial charge is 0.325 e. The summed E-state index contributed by atoms with van der Waals surface area (Å²) in [4.78, 5) is 4.14. The summed E-state index contributed by atoms with van der Waals surface area (Å²) in [5.74, 6) is 0. The predicted octanol–water partition coefficient (Wildman–Crippen LogP) is 1.42. The van der Waals surface area contributed by atoms with Crippen LogP contribution in [0.3, 0.4) is 0 Å². The zero-order chi connectivity index (χ0) is 7.61. The smallest absolute Gasteiger partial charge is 0.0794 e. The van der Waals surface area contributed by atoms with Crippen molar-refractivity contribution >= 4 is 11.3 Å². The Bertz CT molecular complexity index is 186. The van der Waals surface area contributed by atoms with Gasteiger partial charge in [0.15, 0.2) is 0 Å². The van der Waals surface area contributed by atoms with Gasteiger partial charge in [-0.2, -0.15) is 0 Å². The van der Waals surface area contributed by atoms with Gasteiger partial charge in [0.05, 0.1) is 11.2 Å². The summed E-state index contributed by atoms with van der Waals surface area (Å²) in [5, 5.41) is 2.04. The van der Waals surface area contributed by atoms with E-state index < -0.39 is 0 Å². The zero-order valence-corrected chi connectivity index (χ0v) is 7.11. The van der Waals surface area contributed by atoms with E-state index in [0.29, 0.717) is 0 Å². The van der Waals surface area contributed by atoms with Crippen molar-refractivity contribution in [2.45, 2.75) is 25.8 Å². The third kappa shape index (κ3) is 2.45. The van der Waals surface area contributed by atoms with Crippen LogP contribution in [0.5, 0.6) is 0 Å². The van der Waals surface area contributed by atoms with Crippen molar-refractivity contribution in [3.05, 3.63) is 16.6 Å². The Labute approximate surface area is 65.1 Å². The van der Waals surface area contributed by atoms with Crippen LogP contribution >= 0.6 is 11.3 Å². The number of nitrogens with zero attached hydrogens (tertiary/aromatic N) is 1. The summed E-state index contributed by atoms with van der Waals surface area (Å²) in [6, 6.07) is 0. The van der Waals surface area contributed by atoms with Crippen molar-refractivity contribution in [1.82, 2.24) is 4.98 Å². The van der Waals surface area contributed by atoms with Gasteiger partial charge in [-0.25, -0.2) is 4.98 Å². The molecule has 1 aromatic heterocycles. The van der Waals surface area contributed by atoms with Crippen LogP contribution in [-0.2, 0) is 6.42 Å². The van der Waals surface area contributed by atoms with Gasteiger partial charge in [-0.15, -0.1) is 11.3 Å². The summed E-state index contributed by atoms with van der Waals surface area (Å²) in [7, 11) is 0. The Morgan fingerprint density at radius 1 is 1.70 bits per heavy atom. The van der Waals surface area contributed by atoms with Gasteiger partial charge in [-0.05, 0) is 13.8 Å². The van der Waals surface area contributed by atoms with Crippen LogP contribution in [0.25, 0.3) is 0 Å². The molecule has 2 N–H and O–H groups in total. The van der Waals surface area contributed by atoms with Crippen LogP contribution in [0.2, 0.25) is 0 Å². The second-order valence-corrected chi connectivity index (χ2v) is 3.86. The number of nitrogens with two attached hydrogens (primary N) is 1. The Kier molecular flexibility index (Phi) is 2.06. The van der Waals surface area contributed by atoms with Crippen LogP contribution < -0.4 is 5.73 Å². The van der Waals surface area contributed by atoms with Gasteiger partial charge in [-0.3, -0.25) is 0 Å². The zero-order valence-electron chi connectivity index (χ0n) is 6.29. The number of hydrogen-bond donors (Lipinski definition) is 1. The first-order valence-corrected chi connectivity index (χ1v) is 4.18. The molecule has 0 aliphatic carbocycles. The van der Waals surface area contributed by atoms with Crippen LogP contribution in [-0.4, -0.2) is 10.5 Å². The summed E-state index contributed by atoms with van der Waals surface area (Å²) in [5.41, 5.74) is 8.59. The minimum Gasteiger partial charge on any atom is -0.325 e. The molecular formula is C7H12N2S. The van der Waals surface area contributed by atoms with Gasteiger partial charge < -0.3 is 5.73 Å². The maximum Gasteiger partial charge on any atom is 0.0794 e. The third-order valence-electron chi connectivity index (χ3n) is 1.12. The lowest BCUT2D eigenvalue weighted by Crippen LogP contribution is -2.34. The Hall–Kier alpha value is -0.410. The molecular weight excluding hydrogens is 144 g/mol. The van der Waals surface area contributed by atoms with E-state index in [4.69, 9.17) is 5.73 Å². The van der Waals surface area contributed by atoms with Gasteiger partial charge in [0, 0.05) is 17.3 Å². The Morgan fingerprint density at radius 3 is 2.80 bits per heavy atom. The molecule has 0 aliphatic rings. The average Bonchev–Trinajstić information content (AvgIpc) is 2.12. The molecule has 0 saturated heterocycles. The van der Waals surface area contributed by atoms with Gasteiger partial charge >= 0.3 is 0 Å². The quantitative estimate of drug-likeness (QED) is 0.703. The molecule has 0 amide bonds. The SMILES string of the molecule is CC(C)(N)Cc1cscn1. The third-order valence-corrected chi connectivity index (χ3v) is 1.76. The Morgan fingerprint density at radius 2 is 2.40 bits per heavy atom. The van der Waals surface area contributed by atoms with Crippen molar-refractivity contribution in [2.24, 2.45) is 5.73 Å². The molecule has 0 radical (unpaired) electrons. The highest BCUT2D eigenvalue weighted by molar-refractivity contribution is 7.07. The molecule has 0 saturated carbocycles. The number of hydrogen-bond acceptors (Lipinski definition) is 3. The standard InChI is InChI=1S/C7H12N2S/c1-7(2,8)3-6-4-10-5-9-6/h4-5H,3,8H2,1-2H3. The van der Waals surface area contributed by atoms with Crippen molar-refractivity contribution in [1.29, 1.82) is 0 Å². The van der Waals surface area contributed by atoms with E-state index in [9.17, 15) is 0 Å². The van der Waals surface area contributed by atoms with Crippen LogP contribution in [0.1, 0.15) is 19.5 Å². The lowest BCUT2D eigenvalue weighted by Gasteiger charge is -2.15. The fourth-order valence-electron chi connectivity index (χ4n) is 0.792. The minimum atomic E-state index is -0.131. The minimum absolute atomic E-state index is 0.131. The Balaban J connectivity index is 2.57. The van der Waals surface area contributed by atoms with E-state index in [1.165, 1.54) is 0 Å². The molecule has 1 heterocycles. The van der Waals surface area contributed by atoms with E-state index in [1.807, 2.05) is 24.7 Å². The predicted molar refractivity (Wildman–Crippen MR) is 44.1 cm³/mol. The van der Waals surface area contributed by atoms with E-state index in [2.05, 4.69) is 4.98 Å². The summed E-state index contributed by atoms with van der Waals surface area (Å²) >= 11 is 1.61. The van der Waals surface area contributed by atoms with E-state index in [1.54, 1.807) is 11.3 Å². The van der Waals surface area contributed by atoms with Crippen molar-refractivity contribution in [2.75, 3.05) is 0 Å². The van der Waals surface area contributed by atoms with Gasteiger partial charge in [0.1, 0.15) is 0 Å². The van der Waals surface area contributed by atoms with Crippen molar-refractivity contribution in [3.63, 3.8) is 0 Å². The van der Waals surface area contributed by atoms with Crippen molar-refractivity contribution < 1.29 is 0 Å². The van der Waals surface area contributed by atoms with Crippen molar-refractivity contribution in [3.8, 4) is 0 Å². The maximum absolute atomic E-state index is 5.79. The summed E-state index contributed by atoms with van der Waals surface area (Å²) < 4.78 is 0. The molecule has 0 spiro atoms. The molecule has 0 atom stereocenters. The van der Waals surface area contributed by atoms with E-state index in [0.717, 1.165) is 12.1 Å². The molecule has 3 heteroatoms. The topological polar surface area (TPSA) is 38.9 Å². The lowest BCUT2D eigenvalue weighted by atomic mass is 10.0. The molecule has 0 aromatic carbocycles. The summed E-state index contributed by atoms with van der Waals surface area (Å²) in [6.45, 7) is 4.01. The van der Waals surface area contributed by atoms with Gasteiger partial charge in [-0.1, -0.05) is 0 Å². The molecule has 0 aliphatic heterocycles. The van der Waals surface area contributed by atoms with Crippen LogP contribution in [0.15, 0.2) is 10.9 Å². The second-order valence-electron chi connectivity index (χ2n) is 3.15. The molecule has 0 unspecified atom stereocenters. The average molecular weight is 156 g/mol. The molecule has 56 valence electrons. The highest BCUT2D eigenvalue weighted by atomic mass is 32.1. The first-order chi connectivity index (χ1) is 4.58. The number of thiazole rings is 1. The first-order valence-electron chi connectivity index (χ1n) is 3.24. The molecule has 0 fully saturated rings. The van der Waals surface area contributed by atoms with Gasteiger partial charge in [0.25, 0.3) is 0 Å². The molecule has 1 rings (SSSR count). The normalized spacial score (nSPS) is 11.9. The van der Waals surface area contributed by atoms with Gasteiger partial charge in [0.2, 0.25) is 0 Å². The number of rotatable bonds is 2. The highest BCUT2D eigenvalue weighted by Gasteiger charge is 2.11. The molecule has 2 nitrogen and oxygen atoms in total. The molecule has 0 bridgehead atoms. The molecule has 1 aromatic rings. The fourth-order valence-corrected chi connectivity index (χ4v) is 1.35. The highest BCUT2D eigenvalue weighted by Crippen LogP contribution is 2.09. The van der Waals surface area contributed by atoms with E-state index in [-0.39, 0.29) is 5.54 Å². The fraction of sp³-hybridized carbons (Fsp3) is 0.571. The van der Waals surface area contributed by atoms with Crippen LogP contribution in [0, 0.1) is 0 Å². The maximum atomic E-state index is 5.79. The first kappa shape index (κ1) is 7.69. The van der Waals surface area contributed by atoms with E-state index >= 15 is 0 Å². The second kappa shape index (κ2) is 2.68. The molecule has 10 heavy (non-hydrogen) atoms. The summed E-state index contributed by atoms with van der Waals surface area (Å²) in [6.07, 6.45) is 0.858. The number of aromatic nitrogens is 1. The van der Waals surface area contributed by atoms with Crippen LogP contribution in [0.4, 0.5) is 0 Å². The monoisotopic (exact) mass is 156 g/mol.